The van der Waals surface area contributed by atoms with E-state index in [-0.39, 0.29) is 5.56 Å². The number of hydrogen-bond donors (Lipinski definition) is 0. The van der Waals surface area contributed by atoms with Gasteiger partial charge in [-0.05, 0) is 55.8 Å². The summed E-state index contributed by atoms with van der Waals surface area (Å²) in [5.74, 6) is 0.930. The van der Waals surface area contributed by atoms with Crippen molar-refractivity contribution in [2.24, 2.45) is 5.10 Å². The van der Waals surface area contributed by atoms with Crippen LogP contribution >= 0.6 is 15.9 Å². The lowest BCUT2D eigenvalue weighted by molar-refractivity contribution is -0.147. The zero-order valence-electron chi connectivity index (χ0n) is 18.3. The summed E-state index contributed by atoms with van der Waals surface area (Å²) in [4.78, 5) is 29.3. The lowest BCUT2D eigenvalue weighted by atomic mass is 10.2. The van der Waals surface area contributed by atoms with E-state index in [1.165, 1.54) is 11.8 Å². The minimum Gasteiger partial charge on any atom is -0.490 e. The fourth-order valence-electron chi connectivity index (χ4n) is 3.04. The van der Waals surface area contributed by atoms with Crippen molar-refractivity contribution < 1.29 is 19.0 Å². The summed E-state index contributed by atoms with van der Waals surface area (Å²) in [6, 6.07) is 10.6. The second kappa shape index (κ2) is 10.4. The number of methoxy groups -OCH3 is 1. The Morgan fingerprint density at radius 2 is 2.00 bits per heavy atom. The number of carbonyl (C=O) groups is 1. The van der Waals surface area contributed by atoms with E-state index in [2.05, 4.69) is 26.0 Å². The van der Waals surface area contributed by atoms with E-state index in [1.54, 1.807) is 43.5 Å². The number of benzene rings is 2. The third-order valence-electron chi connectivity index (χ3n) is 4.62. The average Bonchev–Trinajstić information content (AvgIpc) is 2.79. The van der Waals surface area contributed by atoms with Crippen LogP contribution in [0.4, 0.5) is 0 Å². The predicted octanol–water partition coefficient (Wildman–Crippen LogP) is 3.94. The molecule has 168 valence electrons. The minimum atomic E-state index is -0.785. The first kappa shape index (κ1) is 23.5. The molecule has 0 saturated carbocycles. The molecule has 0 saturated heterocycles. The van der Waals surface area contributed by atoms with Crippen molar-refractivity contribution in [3.8, 4) is 11.5 Å². The molecule has 0 radical (unpaired) electrons. The standard InChI is InChI=1S/C23H24BrN3O5/c1-5-21-26-18-9-8-16(24)12-17(18)22(28)27(21)25-13-15-7-10-19(20(11-15)31-6-2)32-14(3)23(29)30-4/h7-14H,5-6H2,1-4H3/t14-/m0/s1. The highest BCUT2D eigenvalue weighted by Gasteiger charge is 2.17. The van der Waals surface area contributed by atoms with Gasteiger partial charge in [-0.25, -0.2) is 9.78 Å². The van der Waals surface area contributed by atoms with Crippen LogP contribution < -0.4 is 15.0 Å². The molecule has 3 aromatic rings. The first-order valence-electron chi connectivity index (χ1n) is 10.1. The Hall–Kier alpha value is -3.20. The van der Waals surface area contributed by atoms with Crippen LogP contribution in [0.5, 0.6) is 11.5 Å². The second-order valence-electron chi connectivity index (χ2n) is 6.83. The number of aryl methyl sites for hydroxylation is 1. The summed E-state index contributed by atoms with van der Waals surface area (Å²) in [5.41, 5.74) is 1.07. The van der Waals surface area contributed by atoms with Gasteiger partial charge >= 0.3 is 5.97 Å². The molecule has 2 aromatic carbocycles. The molecule has 0 unspecified atom stereocenters. The van der Waals surface area contributed by atoms with Crippen LogP contribution in [0, 0.1) is 0 Å². The number of carbonyl (C=O) groups excluding carboxylic acids is 1. The Labute approximate surface area is 194 Å². The zero-order valence-corrected chi connectivity index (χ0v) is 19.9. The molecule has 0 aliphatic rings. The van der Waals surface area contributed by atoms with Gasteiger partial charge in [-0.1, -0.05) is 22.9 Å². The summed E-state index contributed by atoms with van der Waals surface area (Å²) < 4.78 is 18.1. The van der Waals surface area contributed by atoms with Crippen molar-refractivity contribution in [3.63, 3.8) is 0 Å². The summed E-state index contributed by atoms with van der Waals surface area (Å²) in [7, 11) is 1.30. The van der Waals surface area contributed by atoms with E-state index in [0.717, 1.165) is 4.47 Å². The minimum absolute atomic E-state index is 0.249. The van der Waals surface area contributed by atoms with Gasteiger partial charge in [-0.2, -0.15) is 9.78 Å². The van der Waals surface area contributed by atoms with Gasteiger partial charge in [0.05, 0.1) is 30.8 Å². The van der Waals surface area contributed by atoms with E-state index < -0.39 is 12.1 Å². The molecule has 3 rings (SSSR count). The topological polar surface area (TPSA) is 92.0 Å². The number of halogens is 1. The molecule has 1 aromatic heterocycles. The average molecular weight is 502 g/mol. The third kappa shape index (κ3) is 5.16. The Kier molecular flexibility index (Phi) is 7.63. The SMILES string of the molecule is CCOc1cc(C=Nn2c(CC)nc3ccc(Br)cc3c2=O)ccc1O[C@@H](C)C(=O)OC. The van der Waals surface area contributed by atoms with Crippen LogP contribution in [0.15, 0.2) is 50.8 Å². The molecular weight excluding hydrogens is 478 g/mol. The van der Waals surface area contributed by atoms with Gasteiger partial charge in [0.15, 0.2) is 17.6 Å². The van der Waals surface area contributed by atoms with Gasteiger partial charge in [0.25, 0.3) is 5.56 Å². The van der Waals surface area contributed by atoms with E-state index in [1.807, 2.05) is 19.9 Å². The normalized spacial score (nSPS) is 12.2. The molecule has 0 fully saturated rings. The molecule has 0 bridgehead atoms. The van der Waals surface area contributed by atoms with Crippen molar-refractivity contribution in [1.82, 2.24) is 9.66 Å². The van der Waals surface area contributed by atoms with E-state index in [0.29, 0.717) is 46.8 Å². The number of aromatic nitrogens is 2. The number of nitrogens with zero attached hydrogens (tertiary/aromatic N) is 3. The van der Waals surface area contributed by atoms with E-state index in [9.17, 15) is 9.59 Å². The fraction of sp³-hybridized carbons (Fsp3) is 0.304. The molecule has 0 amide bonds. The Morgan fingerprint density at radius 1 is 1.22 bits per heavy atom. The molecule has 0 aliphatic heterocycles. The highest BCUT2D eigenvalue weighted by Crippen LogP contribution is 2.29. The van der Waals surface area contributed by atoms with Gasteiger partial charge in [0.2, 0.25) is 0 Å². The molecule has 0 spiro atoms. The maximum Gasteiger partial charge on any atom is 0.346 e. The molecule has 0 N–H and O–H groups in total. The van der Waals surface area contributed by atoms with Crippen molar-refractivity contribution in [3.05, 3.63) is 62.6 Å². The van der Waals surface area contributed by atoms with Crippen molar-refractivity contribution >= 4 is 39.0 Å². The molecule has 1 atom stereocenters. The number of fused-ring (bicyclic) bond motifs is 1. The largest absolute Gasteiger partial charge is 0.490 e. The summed E-state index contributed by atoms with van der Waals surface area (Å²) in [6.45, 7) is 5.77. The van der Waals surface area contributed by atoms with Gasteiger partial charge in [-0.3, -0.25) is 4.79 Å². The van der Waals surface area contributed by atoms with Crippen molar-refractivity contribution in [2.45, 2.75) is 33.3 Å². The van der Waals surface area contributed by atoms with Crippen LogP contribution in [-0.2, 0) is 16.0 Å². The van der Waals surface area contributed by atoms with Crippen LogP contribution in [0.3, 0.4) is 0 Å². The lowest BCUT2D eigenvalue weighted by Gasteiger charge is -2.16. The van der Waals surface area contributed by atoms with Crippen molar-refractivity contribution in [1.29, 1.82) is 0 Å². The lowest BCUT2D eigenvalue weighted by Crippen LogP contribution is -2.25. The van der Waals surface area contributed by atoms with Crippen LogP contribution in [0.25, 0.3) is 10.9 Å². The van der Waals surface area contributed by atoms with Crippen LogP contribution in [0.2, 0.25) is 0 Å². The number of ether oxygens (including phenoxy) is 3. The summed E-state index contributed by atoms with van der Waals surface area (Å²) in [6.07, 6.45) is 1.32. The van der Waals surface area contributed by atoms with Crippen LogP contribution in [0.1, 0.15) is 32.2 Å². The fourth-order valence-corrected chi connectivity index (χ4v) is 3.40. The Morgan fingerprint density at radius 3 is 2.69 bits per heavy atom. The van der Waals surface area contributed by atoms with Crippen molar-refractivity contribution in [2.75, 3.05) is 13.7 Å². The Balaban J connectivity index is 1.97. The molecule has 32 heavy (non-hydrogen) atoms. The summed E-state index contributed by atoms with van der Waals surface area (Å²) >= 11 is 3.39. The van der Waals surface area contributed by atoms with Gasteiger partial charge in [0.1, 0.15) is 5.82 Å². The van der Waals surface area contributed by atoms with Gasteiger partial charge in [0, 0.05) is 10.9 Å². The van der Waals surface area contributed by atoms with E-state index >= 15 is 0 Å². The number of rotatable bonds is 8. The maximum atomic E-state index is 13.0. The van der Waals surface area contributed by atoms with Gasteiger partial charge in [-0.15, -0.1) is 0 Å². The third-order valence-corrected chi connectivity index (χ3v) is 5.11. The summed E-state index contributed by atoms with van der Waals surface area (Å²) in [5, 5.41) is 4.87. The Bertz CT molecular complexity index is 1220. The molecular formula is C23H24BrN3O5. The molecule has 9 heteroatoms. The van der Waals surface area contributed by atoms with E-state index in [4.69, 9.17) is 14.2 Å². The quantitative estimate of drug-likeness (QED) is 0.342. The number of esters is 1. The smallest absolute Gasteiger partial charge is 0.346 e. The molecule has 1 heterocycles. The van der Waals surface area contributed by atoms with Gasteiger partial charge < -0.3 is 14.2 Å². The molecule has 8 nitrogen and oxygen atoms in total. The molecule has 0 aliphatic carbocycles. The number of hydrogen-bond acceptors (Lipinski definition) is 7. The second-order valence-corrected chi connectivity index (χ2v) is 7.74. The zero-order chi connectivity index (χ0) is 23.3. The predicted molar refractivity (Wildman–Crippen MR) is 126 cm³/mol. The maximum absolute atomic E-state index is 13.0. The first-order chi connectivity index (χ1) is 15.4. The van der Waals surface area contributed by atoms with Crippen LogP contribution in [-0.4, -0.2) is 41.7 Å². The highest BCUT2D eigenvalue weighted by atomic mass is 79.9. The monoisotopic (exact) mass is 501 g/mol. The highest BCUT2D eigenvalue weighted by molar-refractivity contribution is 9.10. The first-order valence-corrected chi connectivity index (χ1v) is 10.9.